The number of rotatable bonds is 4. The highest BCUT2D eigenvalue weighted by molar-refractivity contribution is 5.31. The molecule has 2 unspecified atom stereocenters. The number of ether oxygens (including phenoxy) is 1. The van der Waals surface area contributed by atoms with Gasteiger partial charge in [0, 0.05) is 13.7 Å². The zero-order valence-corrected chi connectivity index (χ0v) is 11.3. The van der Waals surface area contributed by atoms with Gasteiger partial charge in [-0.3, -0.25) is 0 Å². The summed E-state index contributed by atoms with van der Waals surface area (Å²) in [4.78, 5) is 0. The quantitative estimate of drug-likeness (QED) is 0.512. The first kappa shape index (κ1) is 12.2. The third-order valence-corrected chi connectivity index (χ3v) is 5.01. The Kier molecular flexibility index (Phi) is 3.18. The SMILES string of the molecule is COCCC/C=C1/C2(C)CCC(C2)C1(C)C. The Morgan fingerprint density at radius 1 is 1.38 bits per heavy atom. The summed E-state index contributed by atoms with van der Waals surface area (Å²) in [7, 11) is 1.79. The van der Waals surface area contributed by atoms with Gasteiger partial charge in [0.2, 0.25) is 0 Å². The molecule has 0 aromatic rings. The van der Waals surface area contributed by atoms with E-state index in [1.807, 2.05) is 0 Å². The van der Waals surface area contributed by atoms with Gasteiger partial charge in [-0.1, -0.05) is 32.4 Å². The lowest BCUT2D eigenvalue weighted by Gasteiger charge is -2.37. The minimum absolute atomic E-state index is 0.458. The van der Waals surface area contributed by atoms with E-state index in [0.717, 1.165) is 18.9 Å². The molecule has 0 aromatic carbocycles. The first-order valence-electron chi connectivity index (χ1n) is 6.71. The van der Waals surface area contributed by atoms with Crippen LogP contribution in [0.3, 0.4) is 0 Å². The van der Waals surface area contributed by atoms with Crippen molar-refractivity contribution < 1.29 is 4.74 Å². The highest BCUT2D eigenvalue weighted by Gasteiger charge is 2.55. The van der Waals surface area contributed by atoms with E-state index in [-0.39, 0.29) is 0 Å². The maximum atomic E-state index is 5.12. The molecular formula is C15H26O. The van der Waals surface area contributed by atoms with Crippen LogP contribution in [0.25, 0.3) is 0 Å². The van der Waals surface area contributed by atoms with Crippen LogP contribution in [0, 0.1) is 16.7 Å². The summed E-state index contributed by atoms with van der Waals surface area (Å²) in [6.45, 7) is 8.27. The van der Waals surface area contributed by atoms with E-state index in [1.54, 1.807) is 12.7 Å². The Hall–Kier alpha value is -0.300. The molecule has 1 heteroatoms. The van der Waals surface area contributed by atoms with Crippen LogP contribution in [0.5, 0.6) is 0 Å². The Bertz CT molecular complexity index is 283. The number of fused-ring (bicyclic) bond motifs is 2. The maximum absolute atomic E-state index is 5.12. The topological polar surface area (TPSA) is 9.23 Å². The summed E-state index contributed by atoms with van der Waals surface area (Å²) in [6.07, 6.45) is 9.16. The van der Waals surface area contributed by atoms with E-state index in [0.29, 0.717) is 10.8 Å². The van der Waals surface area contributed by atoms with E-state index in [9.17, 15) is 0 Å². The molecule has 2 rings (SSSR count). The van der Waals surface area contributed by atoms with Gasteiger partial charge in [-0.15, -0.1) is 0 Å². The predicted molar refractivity (Wildman–Crippen MR) is 68.4 cm³/mol. The van der Waals surface area contributed by atoms with E-state index in [1.165, 1.54) is 25.7 Å². The first-order chi connectivity index (χ1) is 7.50. The Morgan fingerprint density at radius 2 is 2.12 bits per heavy atom. The number of unbranched alkanes of at least 4 members (excludes halogenated alkanes) is 1. The summed E-state index contributed by atoms with van der Waals surface area (Å²) < 4.78 is 5.12. The highest BCUT2D eigenvalue weighted by Crippen LogP contribution is 2.65. The standard InChI is InChI=1S/C15H26O/c1-14(2)12-8-9-15(3,11-12)13(14)7-5-6-10-16-4/h7,12H,5-6,8-11H2,1-4H3/b13-7+. The van der Waals surface area contributed by atoms with E-state index in [2.05, 4.69) is 26.8 Å². The largest absolute Gasteiger partial charge is 0.385 e. The van der Waals surface area contributed by atoms with Crippen LogP contribution in [-0.4, -0.2) is 13.7 Å². The lowest BCUT2D eigenvalue weighted by atomic mass is 9.68. The molecule has 92 valence electrons. The summed E-state index contributed by atoms with van der Waals surface area (Å²) in [5.74, 6) is 0.936. The second kappa shape index (κ2) is 4.18. The van der Waals surface area contributed by atoms with Gasteiger partial charge in [-0.05, 0) is 48.9 Å². The van der Waals surface area contributed by atoms with E-state index >= 15 is 0 Å². The molecule has 0 aromatic heterocycles. The summed E-state index contributed by atoms with van der Waals surface area (Å²) in [5.41, 5.74) is 2.73. The summed E-state index contributed by atoms with van der Waals surface area (Å²) in [5, 5.41) is 0. The van der Waals surface area contributed by atoms with E-state index in [4.69, 9.17) is 4.74 Å². The molecule has 0 spiro atoms. The smallest absolute Gasteiger partial charge is 0.0465 e. The van der Waals surface area contributed by atoms with Crippen molar-refractivity contribution in [3.8, 4) is 0 Å². The van der Waals surface area contributed by atoms with Crippen LogP contribution in [0.2, 0.25) is 0 Å². The van der Waals surface area contributed by atoms with Crippen LogP contribution in [-0.2, 0) is 4.74 Å². The minimum atomic E-state index is 0.458. The maximum Gasteiger partial charge on any atom is 0.0465 e. The molecule has 16 heavy (non-hydrogen) atoms. The molecule has 2 aliphatic rings. The molecule has 0 radical (unpaired) electrons. The van der Waals surface area contributed by atoms with Crippen molar-refractivity contribution in [1.82, 2.24) is 0 Å². The zero-order valence-electron chi connectivity index (χ0n) is 11.3. The van der Waals surface area contributed by atoms with Crippen molar-refractivity contribution in [3.05, 3.63) is 11.6 Å². The Balaban J connectivity index is 2.07. The average molecular weight is 222 g/mol. The van der Waals surface area contributed by atoms with Crippen LogP contribution >= 0.6 is 0 Å². The minimum Gasteiger partial charge on any atom is -0.385 e. The fraction of sp³-hybridized carbons (Fsp3) is 0.867. The van der Waals surface area contributed by atoms with Crippen LogP contribution in [0.4, 0.5) is 0 Å². The van der Waals surface area contributed by atoms with Crippen LogP contribution in [0.1, 0.15) is 52.9 Å². The fourth-order valence-electron chi connectivity index (χ4n) is 4.08. The zero-order chi connectivity index (χ0) is 11.8. The summed E-state index contributed by atoms with van der Waals surface area (Å²) >= 11 is 0. The predicted octanol–water partition coefficient (Wildman–Crippen LogP) is 4.19. The van der Waals surface area contributed by atoms with Crippen molar-refractivity contribution in [2.75, 3.05) is 13.7 Å². The number of methoxy groups -OCH3 is 1. The normalized spacial score (nSPS) is 38.5. The summed E-state index contributed by atoms with van der Waals surface area (Å²) in [6, 6.07) is 0. The van der Waals surface area contributed by atoms with Crippen LogP contribution < -0.4 is 0 Å². The monoisotopic (exact) mass is 222 g/mol. The van der Waals surface area contributed by atoms with Gasteiger partial charge in [0.25, 0.3) is 0 Å². The molecule has 0 amide bonds. The molecule has 0 aliphatic heterocycles. The molecular weight excluding hydrogens is 196 g/mol. The van der Waals surface area contributed by atoms with Gasteiger partial charge in [0.15, 0.2) is 0 Å². The Morgan fingerprint density at radius 3 is 2.69 bits per heavy atom. The molecule has 2 fully saturated rings. The third-order valence-electron chi connectivity index (χ3n) is 5.01. The number of hydrogen-bond acceptors (Lipinski definition) is 1. The second-order valence-electron chi connectivity index (χ2n) is 6.47. The molecule has 2 saturated carbocycles. The van der Waals surface area contributed by atoms with Crippen molar-refractivity contribution in [1.29, 1.82) is 0 Å². The van der Waals surface area contributed by atoms with Gasteiger partial charge in [0.05, 0.1) is 0 Å². The van der Waals surface area contributed by atoms with Crippen molar-refractivity contribution >= 4 is 0 Å². The second-order valence-corrected chi connectivity index (χ2v) is 6.47. The molecule has 1 nitrogen and oxygen atoms in total. The molecule has 0 heterocycles. The third kappa shape index (κ3) is 1.84. The molecule has 2 bridgehead atoms. The van der Waals surface area contributed by atoms with Crippen molar-refractivity contribution in [2.24, 2.45) is 16.7 Å². The van der Waals surface area contributed by atoms with Gasteiger partial charge in [-0.25, -0.2) is 0 Å². The Labute approximate surface area is 100 Å². The van der Waals surface area contributed by atoms with Crippen molar-refractivity contribution in [2.45, 2.75) is 52.9 Å². The van der Waals surface area contributed by atoms with Gasteiger partial charge < -0.3 is 4.74 Å². The van der Waals surface area contributed by atoms with Gasteiger partial charge in [0.1, 0.15) is 0 Å². The lowest BCUT2D eigenvalue weighted by molar-refractivity contribution is 0.195. The molecule has 0 saturated heterocycles. The fourth-order valence-corrected chi connectivity index (χ4v) is 4.08. The molecule has 2 aliphatic carbocycles. The van der Waals surface area contributed by atoms with Gasteiger partial charge in [-0.2, -0.15) is 0 Å². The van der Waals surface area contributed by atoms with Crippen molar-refractivity contribution in [3.63, 3.8) is 0 Å². The van der Waals surface area contributed by atoms with E-state index < -0.39 is 0 Å². The molecule has 2 atom stereocenters. The number of hydrogen-bond donors (Lipinski definition) is 0. The van der Waals surface area contributed by atoms with Crippen LogP contribution in [0.15, 0.2) is 11.6 Å². The average Bonchev–Trinajstić information content (AvgIpc) is 2.68. The van der Waals surface area contributed by atoms with Gasteiger partial charge >= 0.3 is 0 Å². The lowest BCUT2D eigenvalue weighted by Crippen LogP contribution is -2.26. The number of allylic oxidation sites excluding steroid dienone is 2. The highest BCUT2D eigenvalue weighted by atomic mass is 16.5. The molecule has 0 N–H and O–H groups in total. The first-order valence-corrected chi connectivity index (χ1v) is 6.71.